The van der Waals surface area contributed by atoms with Gasteiger partial charge in [-0.3, -0.25) is 4.79 Å². The molecule has 0 aromatic heterocycles. The molecule has 7 heteroatoms. The van der Waals surface area contributed by atoms with E-state index < -0.39 is 6.10 Å². The summed E-state index contributed by atoms with van der Waals surface area (Å²) in [5.74, 6) is 1.34. The Bertz CT molecular complexity index is 694. The zero-order valence-corrected chi connectivity index (χ0v) is 15.9. The first kappa shape index (κ1) is 19.7. The standard InChI is InChI=1S/C18H19BrN2O3.ClH/c19-14-7-6-13(11-21-18(22)17-12-20-8-9-23-17)16(10-14)24-15-4-2-1-3-5-15;/h1-7,10,17,20H,8-9,11-12H2,(H,21,22);1H. The average Bonchev–Trinajstić information content (AvgIpc) is 2.62. The van der Waals surface area contributed by atoms with Crippen molar-refractivity contribution in [1.82, 2.24) is 10.6 Å². The number of benzene rings is 2. The number of morpholine rings is 1. The fourth-order valence-electron chi connectivity index (χ4n) is 2.41. The number of carbonyl (C=O) groups is 1. The number of ether oxygens (including phenoxy) is 2. The second kappa shape index (κ2) is 9.77. The van der Waals surface area contributed by atoms with Gasteiger partial charge in [-0.15, -0.1) is 12.4 Å². The van der Waals surface area contributed by atoms with Gasteiger partial charge in [-0.25, -0.2) is 0 Å². The summed E-state index contributed by atoms with van der Waals surface area (Å²) < 4.78 is 12.3. The summed E-state index contributed by atoms with van der Waals surface area (Å²) in [7, 11) is 0. The lowest BCUT2D eigenvalue weighted by Crippen LogP contribution is -2.47. The summed E-state index contributed by atoms with van der Waals surface area (Å²) in [6, 6.07) is 15.3. The number of para-hydroxylation sites is 1. The van der Waals surface area contributed by atoms with Crippen molar-refractivity contribution in [3.05, 3.63) is 58.6 Å². The minimum atomic E-state index is -0.437. The van der Waals surface area contributed by atoms with Crippen LogP contribution in [0.3, 0.4) is 0 Å². The quantitative estimate of drug-likeness (QED) is 0.769. The molecule has 1 heterocycles. The third-order valence-electron chi connectivity index (χ3n) is 3.67. The zero-order chi connectivity index (χ0) is 16.8. The summed E-state index contributed by atoms with van der Waals surface area (Å²) in [5.41, 5.74) is 0.902. The number of hydrogen-bond acceptors (Lipinski definition) is 4. The Morgan fingerprint density at radius 2 is 2.08 bits per heavy atom. The highest BCUT2D eigenvalue weighted by Crippen LogP contribution is 2.28. The summed E-state index contributed by atoms with van der Waals surface area (Å²) in [5, 5.41) is 6.06. The van der Waals surface area contributed by atoms with Crippen LogP contribution in [0.15, 0.2) is 53.0 Å². The van der Waals surface area contributed by atoms with Crippen LogP contribution in [0.2, 0.25) is 0 Å². The molecule has 1 aliphatic heterocycles. The first-order valence-electron chi connectivity index (χ1n) is 7.84. The van der Waals surface area contributed by atoms with Crippen molar-refractivity contribution < 1.29 is 14.3 Å². The van der Waals surface area contributed by atoms with Gasteiger partial charge in [0.05, 0.1) is 6.61 Å². The van der Waals surface area contributed by atoms with Crippen LogP contribution in [-0.4, -0.2) is 31.7 Å². The van der Waals surface area contributed by atoms with E-state index in [1.54, 1.807) is 0 Å². The summed E-state index contributed by atoms with van der Waals surface area (Å²) >= 11 is 3.46. The molecular formula is C18H20BrClN2O3. The summed E-state index contributed by atoms with van der Waals surface area (Å²) in [6.07, 6.45) is -0.437. The molecule has 0 saturated carbocycles. The fraction of sp³-hybridized carbons (Fsp3) is 0.278. The van der Waals surface area contributed by atoms with Crippen molar-refractivity contribution in [2.75, 3.05) is 19.7 Å². The van der Waals surface area contributed by atoms with Crippen molar-refractivity contribution in [3.8, 4) is 11.5 Å². The lowest BCUT2D eigenvalue weighted by atomic mass is 10.2. The van der Waals surface area contributed by atoms with Crippen LogP contribution in [-0.2, 0) is 16.1 Å². The average molecular weight is 428 g/mol. The predicted molar refractivity (Wildman–Crippen MR) is 102 cm³/mol. The molecule has 2 aromatic carbocycles. The maximum atomic E-state index is 12.2. The van der Waals surface area contributed by atoms with E-state index in [4.69, 9.17) is 9.47 Å². The van der Waals surface area contributed by atoms with Crippen molar-refractivity contribution in [3.63, 3.8) is 0 Å². The molecule has 3 rings (SSSR count). The van der Waals surface area contributed by atoms with Crippen molar-refractivity contribution in [1.29, 1.82) is 0 Å². The van der Waals surface area contributed by atoms with Gasteiger partial charge in [-0.05, 0) is 24.3 Å². The van der Waals surface area contributed by atoms with E-state index in [-0.39, 0.29) is 18.3 Å². The van der Waals surface area contributed by atoms with Gasteiger partial charge in [0.25, 0.3) is 5.91 Å². The minimum absolute atomic E-state index is 0. The number of amides is 1. The normalized spacial score (nSPS) is 16.6. The predicted octanol–water partition coefficient (Wildman–Crippen LogP) is 3.27. The smallest absolute Gasteiger partial charge is 0.250 e. The van der Waals surface area contributed by atoms with E-state index in [1.165, 1.54) is 0 Å². The molecule has 0 radical (unpaired) electrons. The number of rotatable bonds is 5. The fourth-order valence-corrected chi connectivity index (χ4v) is 2.76. The second-order valence-corrected chi connectivity index (χ2v) is 6.36. The molecule has 1 saturated heterocycles. The monoisotopic (exact) mass is 426 g/mol. The lowest BCUT2D eigenvalue weighted by Gasteiger charge is -2.23. The molecule has 1 fully saturated rings. The van der Waals surface area contributed by atoms with E-state index >= 15 is 0 Å². The van der Waals surface area contributed by atoms with Crippen LogP contribution < -0.4 is 15.4 Å². The topological polar surface area (TPSA) is 59.6 Å². The molecule has 1 aliphatic rings. The van der Waals surface area contributed by atoms with Crippen LogP contribution >= 0.6 is 28.3 Å². The highest BCUT2D eigenvalue weighted by atomic mass is 79.9. The first-order valence-corrected chi connectivity index (χ1v) is 8.63. The Morgan fingerprint density at radius 3 is 2.80 bits per heavy atom. The van der Waals surface area contributed by atoms with E-state index in [2.05, 4.69) is 26.6 Å². The van der Waals surface area contributed by atoms with Gasteiger partial charge >= 0.3 is 0 Å². The van der Waals surface area contributed by atoms with Crippen molar-refractivity contribution >= 4 is 34.2 Å². The maximum absolute atomic E-state index is 12.2. The maximum Gasteiger partial charge on any atom is 0.250 e. The van der Waals surface area contributed by atoms with Gasteiger partial charge in [0.15, 0.2) is 0 Å². The SMILES string of the molecule is Cl.O=C(NCc1ccc(Br)cc1Oc1ccccc1)C1CNCCO1. The molecule has 0 bridgehead atoms. The zero-order valence-electron chi connectivity index (χ0n) is 13.5. The largest absolute Gasteiger partial charge is 0.457 e. The van der Waals surface area contributed by atoms with Gasteiger partial charge in [0.1, 0.15) is 17.6 Å². The highest BCUT2D eigenvalue weighted by molar-refractivity contribution is 9.10. The molecule has 1 unspecified atom stereocenters. The van der Waals surface area contributed by atoms with E-state index in [9.17, 15) is 4.79 Å². The Balaban J connectivity index is 0.00000225. The third kappa shape index (κ3) is 5.71. The molecule has 134 valence electrons. The van der Waals surface area contributed by atoms with E-state index in [0.717, 1.165) is 22.3 Å². The van der Waals surface area contributed by atoms with Crippen LogP contribution in [0, 0.1) is 0 Å². The number of carbonyl (C=O) groups excluding carboxylic acids is 1. The number of halogens is 2. The van der Waals surface area contributed by atoms with Gasteiger partial charge < -0.3 is 20.1 Å². The van der Waals surface area contributed by atoms with E-state index in [1.807, 2.05) is 48.5 Å². The van der Waals surface area contributed by atoms with E-state index in [0.29, 0.717) is 25.4 Å². The first-order chi connectivity index (χ1) is 11.7. The second-order valence-electron chi connectivity index (χ2n) is 5.45. The molecule has 1 amide bonds. The molecule has 25 heavy (non-hydrogen) atoms. The van der Waals surface area contributed by atoms with Crippen LogP contribution in [0.1, 0.15) is 5.56 Å². The Morgan fingerprint density at radius 1 is 1.28 bits per heavy atom. The number of hydrogen-bond donors (Lipinski definition) is 2. The number of nitrogens with one attached hydrogen (secondary N) is 2. The van der Waals surface area contributed by atoms with Crippen molar-refractivity contribution in [2.45, 2.75) is 12.6 Å². The Hall–Kier alpha value is -1.60. The Labute approximate surface area is 161 Å². The van der Waals surface area contributed by atoms with Gasteiger partial charge in [-0.1, -0.05) is 40.2 Å². The minimum Gasteiger partial charge on any atom is -0.457 e. The van der Waals surface area contributed by atoms with Crippen molar-refractivity contribution in [2.24, 2.45) is 0 Å². The van der Waals surface area contributed by atoms with Gasteiger partial charge in [0.2, 0.25) is 0 Å². The molecule has 5 nitrogen and oxygen atoms in total. The van der Waals surface area contributed by atoms with Crippen LogP contribution in [0.4, 0.5) is 0 Å². The lowest BCUT2D eigenvalue weighted by molar-refractivity contribution is -0.134. The molecular weight excluding hydrogens is 408 g/mol. The van der Waals surface area contributed by atoms with Gasteiger partial charge in [0, 0.05) is 29.7 Å². The van der Waals surface area contributed by atoms with Crippen LogP contribution in [0.25, 0.3) is 0 Å². The molecule has 0 spiro atoms. The third-order valence-corrected chi connectivity index (χ3v) is 4.17. The molecule has 1 atom stereocenters. The Kier molecular flexibility index (Phi) is 7.71. The molecule has 2 aromatic rings. The molecule has 2 N–H and O–H groups in total. The van der Waals surface area contributed by atoms with Crippen LogP contribution in [0.5, 0.6) is 11.5 Å². The van der Waals surface area contributed by atoms with Gasteiger partial charge in [-0.2, -0.15) is 0 Å². The summed E-state index contributed by atoms with van der Waals surface area (Å²) in [6.45, 7) is 2.26. The highest BCUT2D eigenvalue weighted by Gasteiger charge is 2.21. The summed E-state index contributed by atoms with van der Waals surface area (Å²) in [4.78, 5) is 12.2. The molecule has 0 aliphatic carbocycles.